The number of sulfonamides is 1. The molecule has 0 saturated carbocycles. The maximum atomic E-state index is 12.0. The summed E-state index contributed by atoms with van der Waals surface area (Å²) in [6.45, 7) is 1.59. The summed E-state index contributed by atoms with van der Waals surface area (Å²) in [5.74, 6) is 0. The molecule has 0 aromatic heterocycles. The normalized spacial score (nSPS) is 19.9. The van der Waals surface area contributed by atoms with Gasteiger partial charge in [0.2, 0.25) is 10.0 Å². The minimum atomic E-state index is -3.36. The highest BCUT2D eigenvalue weighted by Gasteiger charge is 2.22. The molecule has 1 atom stereocenters. The van der Waals surface area contributed by atoms with Crippen LogP contribution in [0.1, 0.15) is 6.42 Å². The highest BCUT2D eigenvalue weighted by Crippen LogP contribution is 2.14. The zero-order chi connectivity index (χ0) is 11.6. The van der Waals surface area contributed by atoms with E-state index in [0.717, 1.165) is 16.5 Å². The average Bonchev–Trinajstić information content (AvgIpc) is 2.70. The maximum Gasteiger partial charge on any atom is 0.240 e. The Labute approximate surface area is 121 Å². The average molecular weight is 389 g/mol. The Hall–Kier alpha value is 0.110. The fourth-order valence-electron chi connectivity index (χ4n) is 1.68. The van der Waals surface area contributed by atoms with Crippen molar-refractivity contribution in [1.82, 2.24) is 10.0 Å². The predicted octanol–water partition coefficient (Wildman–Crippen LogP) is 1.35. The monoisotopic (exact) mass is 388 g/mol. The molecule has 0 radical (unpaired) electrons. The summed E-state index contributed by atoms with van der Waals surface area (Å²) in [4.78, 5) is 0.339. The molecule has 1 aliphatic heterocycles. The van der Waals surface area contributed by atoms with Crippen molar-refractivity contribution in [3.8, 4) is 0 Å². The summed E-state index contributed by atoms with van der Waals surface area (Å²) in [5, 5.41) is 3.13. The van der Waals surface area contributed by atoms with Crippen LogP contribution in [0.5, 0.6) is 0 Å². The first-order valence-electron chi connectivity index (χ1n) is 5.06. The van der Waals surface area contributed by atoms with E-state index in [1.54, 1.807) is 18.2 Å². The minimum absolute atomic E-state index is 0. The molecule has 4 nitrogen and oxygen atoms in total. The van der Waals surface area contributed by atoms with Gasteiger partial charge in [0.05, 0.1) is 4.90 Å². The van der Waals surface area contributed by atoms with Gasteiger partial charge < -0.3 is 5.32 Å². The Morgan fingerprint density at radius 2 is 2.18 bits per heavy atom. The molecule has 0 bridgehead atoms. The standard InChI is InChI=1S/C10H13IN2O2S.ClH/c11-8-2-1-3-10(6-8)16(14,15)13-9-4-5-12-7-9;/h1-3,6,9,12-13H,4-5,7H2;1H. The molecular formula is C10H14ClIN2O2S. The van der Waals surface area contributed by atoms with Crippen molar-refractivity contribution in [2.75, 3.05) is 13.1 Å². The van der Waals surface area contributed by atoms with Crippen LogP contribution < -0.4 is 10.0 Å². The lowest BCUT2D eigenvalue weighted by Crippen LogP contribution is -2.36. The molecule has 17 heavy (non-hydrogen) atoms. The number of halogens is 2. The Morgan fingerprint density at radius 1 is 1.41 bits per heavy atom. The second-order valence-electron chi connectivity index (χ2n) is 3.77. The fraction of sp³-hybridized carbons (Fsp3) is 0.400. The van der Waals surface area contributed by atoms with Gasteiger partial charge in [0.1, 0.15) is 0 Å². The van der Waals surface area contributed by atoms with Gasteiger partial charge in [0.15, 0.2) is 0 Å². The molecule has 2 rings (SSSR count). The van der Waals surface area contributed by atoms with E-state index in [1.807, 2.05) is 6.07 Å². The topological polar surface area (TPSA) is 58.2 Å². The summed E-state index contributed by atoms with van der Waals surface area (Å²) in [7, 11) is -3.36. The van der Waals surface area contributed by atoms with Gasteiger partial charge >= 0.3 is 0 Å². The number of benzene rings is 1. The lowest BCUT2D eigenvalue weighted by atomic mass is 10.3. The molecule has 1 saturated heterocycles. The number of hydrogen-bond acceptors (Lipinski definition) is 3. The highest BCUT2D eigenvalue weighted by atomic mass is 127. The lowest BCUT2D eigenvalue weighted by molar-refractivity contribution is 0.560. The van der Waals surface area contributed by atoms with Crippen molar-refractivity contribution in [1.29, 1.82) is 0 Å². The van der Waals surface area contributed by atoms with Crippen molar-refractivity contribution >= 4 is 45.0 Å². The van der Waals surface area contributed by atoms with Gasteiger partial charge in [0.25, 0.3) is 0 Å². The molecule has 1 heterocycles. The van der Waals surface area contributed by atoms with Crippen molar-refractivity contribution in [2.24, 2.45) is 0 Å². The van der Waals surface area contributed by atoms with Gasteiger partial charge in [-0.1, -0.05) is 6.07 Å². The number of hydrogen-bond donors (Lipinski definition) is 2. The first-order chi connectivity index (χ1) is 7.58. The number of nitrogens with one attached hydrogen (secondary N) is 2. The van der Waals surface area contributed by atoms with Crippen LogP contribution >= 0.6 is 35.0 Å². The molecule has 1 aromatic carbocycles. The fourth-order valence-corrected chi connectivity index (χ4v) is 3.75. The van der Waals surface area contributed by atoms with Crippen LogP contribution in [0.3, 0.4) is 0 Å². The van der Waals surface area contributed by atoms with E-state index in [2.05, 4.69) is 32.6 Å². The van der Waals surface area contributed by atoms with Crippen LogP contribution in [0.15, 0.2) is 29.2 Å². The van der Waals surface area contributed by atoms with E-state index in [9.17, 15) is 8.42 Å². The SMILES string of the molecule is Cl.O=S(=O)(NC1CCNC1)c1cccc(I)c1. The quantitative estimate of drug-likeness (QED) is 0.769. The van der Waals surface area contributed by atoms with Crippen LogP contribution in [0.4, 0.5) is 0 Å². The van der Waals surface area contributed by atoms with Crippen molar-refractivity contribution in [3.05, 3.63) is 27.8 Å². The Kier molecular flexibility index (Phi) is 5.65. The molecular weight excluding hydrogens is 375 g/mol. The highest BCUT2D eigenvalue weighted by molar-refractivity contribution is 14.1. The van der Waals surface area contributed by atoms with E-state index < -0.39 is 10.0 Å². The molecule has 0 spiro atoms. The van der Waals surface area contributed by atoms with Crippen LogP contribution in [0, 0.1) is 3.57 Å². The third-order valence-corrected chi connectivity index (χ3v) is 4.68. The molecule has 7 heteroatoms. The van der Waals surface area contributed by atoms with E-state index in [4.69, 9.17) is 0 Å². The largest absolute Gasteiger partial charge is 0.315 e. The van der Waals surface area contributed by atoms with Crippen LogP contribution in [0.2, 0.25) is 0 Å². The number of rotatable bonds is 3. The van der Waals surface area contributed by atoms with Crippen molar-refractivity contribution in [2.45, 2.75) is 17.4 Å². The van der Waals surface area contributed by atoms with Crippen molar-refractivity contribution < 1.29 is 8.42 Å². The van der Waals surface area contributed by atoms with E-state index in [1.165, 1.54) is 0 Å². The van der Waals surface area contributed by atoms with Gasteiger partial charge in [-0.3, -0.25) is 0 Å². The van der Waals surface area contributed by atoms with Crippen LogP contribution in [-0.2, 0) is 10.0 Å². The Bertz CT molecular complexity index is 475. The second-order valence-corrected chi connectivity index (χ2v) is 6.73. The molecule has 1 unspecified atom stereocenters. The Morgan fingerprint density at radius 3 is 2.76 bits per heavy atom. The summed E-state index contributed by atoms with van der Waals surface area (Å²) in [5.41, 5.74) is 0. The third kappa shape index (κ3) is 4.06. The van der Waals surface area contributed by atoms with E-state index in [-0.39, 0.29) is 18.4 Å². The molecule has 1 fully saturated rings. The minimum Gasteiger partial charge on any atom is -0.315 e. The van der Waals surface area contributed by atoms with Crippen LogP contribution in [0.25, 0.3) is 0 Å². The summed E-state index contributed by atoms with van der Waals surface area (Å²) in [6, 6.07) is 6.93. The zero-order valence-corrected chi connectivity index (χ0v) is 12.8. The molecule has 0 amide bonds. The maximum absolute atomic E-state index is 12.0. The molecule has 96 valence electrons. The molecule has 1 aliphatic rings. The second kappa shape index (κ2) is 6.33. The first-order valence-corrected chi connectivity index (χ1v) is 7.63. The third-order valence-electron chi connectivity index (χ3n) is 2.49. The van der Waals surface area contributed by atoms with Crippen LogP contribution in [-0.4, -0.2) is 27.5 Å². The van der Waals surface area contributed by atoms with E-state index in [0.29, 0.717) is 11.4 Å². The zero-order valence-electron chi connectivity index (χ0n) is 9.02. The van der Waals surface area contributed by atoms with Gasteiger partial charge in [0, 0.05) is 16.2 Å². The van der Waals surface area contributed by atoms with Crippen molar-refractivity contribution in [3.63, 3.8) is 0 Å². The predicted molar refractivity (Wildman–Crippen MR) is 78.0 cm³/mol. The molecule has 0 aliphatic carbocycles. The Balaban J connectivity index is 0.00000144. The summed E-state index contributed by atoms with van der Waals surface area (Å²) in [6.07, 6.45) is 0.850. The van der Waals surface area contributed by atoms with E-state index >= 15 is 0 Å². The smallest absolute Gasteiger partial charge is 0.240 e. The van der Waals surface area contributed by atoms with Gasteiger partial charge in [-0.25, -0.2) is 13.1 Å². The van der Waals surface area contributed by atoms with Gasteiger partial charge in [-0.15, -0.1) is 12.4 Å². The van der Waals surface area contributed by atoms with Gasteiger partial charge in [-0.2, -0.15) is 0 Å². The lowest BCUT2D eigenvalue weighted by Gasteiger charge is -2.11. The summed E-state index contributed by atoms with van der Waals surface area (Å²) < 4.78 is 27.6. The molecule has 2 N–H and O–H groups in total. The molecule has 1 aromatic rings. The summed E-state index contributed by atoms with van der Waals surface area (Å²) >= 11 is 2.11. The van der Waals surface area contributed by atoms with Gasteiger partial charge in [-0.05, 0) is 53.8 Å². The first kappa shape index (κ1) is 15.2.